The van der Waals surface area contributed by atoms with Gasteiger partial charge in [-0.15, -0.1) is 0 Å². The highest BCUT2D eigenvalue weighted by molar-refractivity contribution is 7.92. The molecule has 1 amide bonds. The summed E-state index contributed by atoms with van der Waals surface area (Å²) in [5.74, 6) is -0.492. The number of hydrogen-bond donors (Lipinski definition) is 2. The zero-order valence-corrected chi connectivity index (χ0v) is 16.7. The number of benzene rings is 2. The van der Waals surface area contributed by atoms with Crippen LogP contribution in [0.25, 0.3) is 0 Å². The number of hydrogen-bond acceptors (Lipinski definition) is 4. The fourth-order valence-electron chi connectivity index (χ4n) is 2.56. The van der Waals surface area contributed by atoms with Crippen molar-refractivity contribution in [2.24, 2.45) is 0 Å². The smallest absolute Gasteiger partial charge is 0.274 e. The van der Waals surface area contributed by atoms with Gasteiger partial charge in [0.2, 0.25) is 0 Å². The molecule has 0 spiro atoms. The van der Waals surface area contributed by atoms with E-state index in [0.29, 0.717) is 17.9 Å². The zero-order valence-electron chi connectivity index (χ0n) is 15.9. The van der Waals surface area contributed by atoms with E-state index in [1.165, 1.54) is 11.6 Å². The molecular formula is C20H26N2O4S. The van der Waals surface area contributed by atoms with Crippen molar-refractivity contribution >= 4 is 21.6 Å². The first-order chi connectivity index (χ1) is 12.9. The lowest BCUT2D eigenvalue weighted by atomic mass is 10.1. The standard InChI is InChI=1S/C20H26N2O4S/c1-4-6-7-16-9-12-18(13-10-16)22-27(24,25)19-14-17(11-8-15(19)3)20(23)21-26-5-2/h8-14,22H,4-7H2,1-3H3,(H,21,23). The highest BCUT2D eigenvalue weighted by Gasteiger charge is 2.19. The Balaban J connectivity index is 2.21. The summed E-state index contributed by atoms with van der Waals surface area (Å²) in [6, 6.07) is 11.9. The Kier molecular flexibility index (Phi) is 7.38. The molecule has 0 radical (unpaired) electrons. The molecule has 0 heterocycles. The minimum absolute atomic E-state index is 0.0571. The molecule has 0 unspecified atom stereocenters. The SMILES string of the molecule is CCCCc1ccc(NS(=O)(=O)c2cc(C(=O)NOCC)ccc2C)cc1. The number of nitrogens with one attached hydrogen (secondary N) is 2. The fourth-order valence-corrected chi connectivity index (χ4v) is 3.89. The molecule has 0 saturated heterocycles. The van der Waals surface area contributed by atoms with E-state index in [2.05, 4.69) is 17.1 Å². The van der Waals surface area contributed by atoms with Crippen molar-refractivity contribution in [3.05, 3.63) is 59.2 Å². The van der Waals surface area contributed by atoms with Gasteiger partial charge in [-0.05, 0) is 62.1 Å². The van der Waals surface area contributed by atoms with E-state index in [0.717, 1.165) is 19.3 Å². The van der Waals surface area contributed by atoms with Crippen LogP contribution < -0.4 is 10.2 Å². The van der Waals surface area contributed by atoms with Gasteiger partial charge in [-0.3, -0.25) is 14.4 Å². The molecule has 0 saturated carbocycles. The first-order valence-corrected chi connectivity index (χ1v) is 10.5. The number of carbonyl (C=O) groups is 1. The summed E-state index contributed by atoms with van der Waals surface area (Å²) in [6.45, 7) is 5.88. The second kappa shape index (κ2) is 9.53. The Morgan fingerprint density at radius 3 is 2.41 bits per heavy atom. The summed E-state index contributed by atoms with van der Waals surface area (Å²) >= 11 is 0. The van der Waals surface area contributed by atoms with Crippen molar-refractivity contribution in [1.29, 1.82) is 0 Å². The maximum Gasteiger partial charge on any atom is 0.274 e. The molecule has 146 valence electrons. The Morgan fingerprint density at radius 1 is 1.07 bits per heavy atom. The van der Waals surface area contributed by atoms with Crippen molar-refractivity contribution in [2.45, 2.75) is 44.9 Å². The number of amides is 1. The number of carbonyl (C=O) groups excluding carboxylic acids is 1. The normalized spacial score (nSPS) is 11.2. The van der Waals surface area contributed by atoms with Crippen molar-refractivity contribution in [3.8, 4) is 0 Å². The van der Waals surface area contributed by atoms with E-state index in [1.807, 2.05) is 12.1 Å². The molecule has 0 aromatic heterocycles. The molecule has 2 aromatic carbocycles. The molecule has 0 aliphatic carbocycles. The van der Waals surface area contributed by atoms with Crippen LogP contribution in [0.2, 0.25) is 0 Å². The molecule has 0 aliphatic rings. The molecule has 7 heteroatoms. The largest absolute Gasteiger partial charge is 0.280 e. The average molecular weight is 391 g/mol. The zero-order chi connectivity index (χ0) is 19.9. The molecule has 0 atom stereocenters. The monoisotopic (exact) mass is 390 g/mol. The summed E-state index contributed by atoms with van der Waals surface area (Å²) in [4.78, 5) is 17.0. The second-order valence-electron chi connectivity index (χ2n) is 6.25. The van der Waals surface area contributed by atoms with Crippen LogP contribution in [0.15, 0.2) is 47.4 Å². The van der Waals surface area contributed by atoms with E-state index in [1.54, 1.807) is 38.1 Å². The first kappa shape index (κ1) is 20.9. The summed E-state index contributed by atoms with van der Waals surface area (Å²) < 4.78 is 28.2. The average Bonchev–Trinajstić information content (AvgIpc) is 2.65. The summed E-state index contributed by atoms with van der Waals surface area (Å²) in [6.07, 6.45) is 3.18. The van der Waals surface area contributed by atoms with Gasteiger partial charge < -0.3 is 0 Å². The van der Waals surface area contributed by atoms with Crippen molar-refractivity contribution < 1.29 is 18.0 Å². The quantitative estimate of drug-likeness (QED) is 0.638. The van der Waals surface area contributed by atoms with Crippen LogP contribution in [0, 0.1) is 6.92 Å². The number of rotatable bonds is 9. The second-order valence-corrected chi connectivity index (χ2v) is 7.90. The van der Waals surface area contributed by atoms with Crippen LogP contribution in [-0.4, -0.2) is 20.9 Å². The Hall–Kier alpha value is -2.38. The Bertz CT molecular complexity index is 877. The minimum Gasteiger partial charge on any atom is -0.280 e. The fraction of sp³-hybridized carbons (Fsp3) is 0.350. The minimum atomic E-state index is -3.82. The van der Waals surface area contributed by atoms with Gasteiger partial charge in [-0.2, -0.15) is 0 Å². The summed E-state index contributed by atoms with van der Waals surface area (Å²) in [5, 5.41) is 0. The lowest BCUT2D eigenvalue weighted by Gasteiger charge is -2.12. The van der Waals surface area contributed by atoms with Crippen molar-refractivity contribution in [2.75, 3.05) is 11.3 Å². The molecule has 6 nitrogen and oxygen atoms in total. The molecule has 2 aromatic rings. The van der Waals surface area contributed by atoms with Crippen molar-refractivity contribution in [1.82, 2.24) is 5.48 Å². The number of aryl methyl sites for hydroxylation is 2. The van der Waals surface area contributed by atoms with Crippen LogP contribution in [-0.2, 0) is 21.3 Å². The van der Waals surface area contributed by atoms with E-state index in [9.17, 15) is 13.2 Å². The third-order valence-electron chi connectivity index (χ3n) is 4.07. The van der Waals surface area contributed by atoms with Crippen LogP contribution in [0.1, 0.15) is 48.2 Å². The van der Waals surface area contributed by atoms with Crippen molar-refractivity contribution in [3.63, 3.8) is 0 Å². The maximum absolute atomic E-state index is 12.8. The van der Waals surface area contributed by atoms with Gasteiger partial charge in [0.25, 0.3) is 15.9 Å². The summed E-state index contributed by atoms with van der Waals surface area (Å²) in [7, 11) is -3.82. The van der Waals surface area contributed by atoms with E-state index < -0.39 is 15.9 Å². The van der Waals surface area contributed by atoms with Gasteiger partial charge in [-0.25, -0.2) is 13.9 Å². The third-order valence-corrected chi connectivity index (χ3v) is 5.60. The molecular weight excluding hydrogens is 364 g/mol. The maximum atomic E-state index is 12.8. The molecule has 2 N–H and O–H groups in total. The van der Waals surface area contributed by atoms with E-state index in [-0.39, 0.29) is 10.5 Å². The molecule has 0 fully saturated rings. The lowest BCUT2D eigenvalue weighted by Crippen LogP contribution is -2.24. The Labute approximate surface area is 160 Å². The molecule has 0 aliphatic heterocycles. The molecule has 27 heavy (non-hydrogen) atoms. The first-order valence-electron chi connectivity index (χ1n) is 9.02. The summed E-state index contributed by atoms with van der Waals surface area (Å²) in [5.41, 5.74) is 4.69. The van der Waals surface area contributed by atoms with Gasteiger partial charge in [0, 0.05) is 11.3 Å². The Morgan fingerprint density at radius 2 is 1.78 bits per heavy atom. The van der Waals surface area contributed by atoms with Crippen LogP contribution in [0.3, 0.4) is 0 Å². The van der Waals surface area contributed by atoms with Gasteiger partial charge >= 0.3 is 0 Å². The highest BCUT2D eigenvalue weighted by Crippen LogP contribution is 2.21. The number of unbranched alkanes of at least 4 members (excludes halogenated alkanes) is 1. The van der Waals surface area contributed by atoms with E-state index >= 15 is 0 Å². The lowest BCUT2D eigenvalue weighted by molar-refractivity contribution is 0.0364. The van der Waals surface area contributed by atoms with Gasteiger partial charge in [0.1, 0.15) is 0 Å². The van der Waals surface area contributed by atoms with E-state index in [4.69, 9.17) is 4.84 Å². The highest BCUT2D eigenvalue weighted by atomic mass is 32.2. The predicted octanol–water partition coefficient (Wildman–Crippen LogP) is 3.82. The molecule has 0 bridgehead atoms. The molecule has 2 rings (SSSR count). The number of anilines is 1. The number of sulfonamides is 1. The van der Waals surface area contributed by atoms with Crippen LogP contribution >= 0.6 is 0 Å². The van der Waals surface area contributed by atoms with Gasteiger partial charge in [-0.1, -0.05) is 31.5 Å². The number of hydroxylamine groups is 1. The predicted molar refractivity (Wildman–Crippen MR) is 106 cm³/mol. The van der Waals surface area contributed by atoms with Crippen LogP contribution in [0.5, 0.6) is 0 Å². The van der Waals surface area contributed by atoms with Gasteiger partial charge in [0.05, 0.1) is 11.5 Å². The topological polar surface area (TPSA) is 84.5 Å². The third kappa shape index (κ3) is 5.80. The van der Waals surface area contributed by atoms with Crippen LogP contribution in [0.4, 0.5) is 5.69 Å². The van der Waals surface area contributed by atoms with Gasteiger partial charge in [0.15, 0.2) is 0 Å².